The molecule has 0 bridgehead atoms. The SMILES string of the molecule is OC[C@@H]1O[C@@H](O[C@@]2(CO[C@@]3(CO[C@]4(CO[C@]5(CO[C@@]6(CO[C@@]7(CO[C@]8(CO[C@@]9(CO[C@@]%10(CO)O[C@@H](CO)[C@H](O)[C@H]%10O)O[C@@H](CO)[C@H](O)[C@H]9O)O[C@@H](CO)[C@H](O)[C@H]8O)O[C@@H](CO)[C@H](O)[C@H]7O)O[C@@H](CO)[C@H](O)[C@H]6O)O[C@@H](CO)[C@H](O)[C@H]5O)O[C@@H](CO)[C@H](O)[C@H]4O)O[C@@H](CO)[C@H](O)[C@H]3O)O[C@@H](CO)[C@H](O)[C@H]2O)[C@@H](O)[C@H](O)[C@H]1O. The lowest BCUT2D eigenvalue weighted by Gasteiger charge is -2.45. The predicted octanol–water partition coefficient (Wildman–Crippen LogP) is -22.8. The largest absolute Gasteiger partial charge is 0.394 e. The minimum absolute atomic E-state index is 0.964. The molecule has 0 aliphatic carbocycles. The Morgan fingerprint density at radius 1 is 0.180 bits per heavy atom. The molecule has 0 aromatic carbocycles. The molecule has 0 spiro atoms. The maximum atomic E-state index is 12.0. The first kappa shape index (κ1) is 91.3. The van der Waals surface area contributed by atoms with Gasteiger partial charge in [-0.2, -0.15) is 0 Å². The summed E-state index contributed by atoms with van der Waals surface area (Å²) in [7, 11) is 0. The molecule has 111 heavy (non-hydrogen) atoms. The number of aliphatic hydroxyl groups excluding tert-OH is 32. The molecule has 41 atom stereocenters. The van der Waals surface area contributed by atoms with E-state index in [-0.39, 0.29) is 0 Å². The summed E-state index contributed by atoms with van der Waals surface area (Å²) in [5.74, 6) is -27.6. The third kappa shape index (κ3) is 16.3. The Hall–Kier alpha value is -2.04. The van der Waals surface area contributed by atoms with Crippen molar-refractivity contribution in [3.8, 4) is 0 Å². The van der Waals surface area contributed by atoms with E-state index in [9.17, 15) is 163 Å². The normalized spacial score (nSPS) is 52.8. The molecule has 0 radical (unpaired) electrons. The van der Waals surface area contributed by atoms with E-state index in [2.05, 4.69) is 0 Å². The number of rotatable bonds is 37. The lowest BCUT2D eigenvalue weighted by atomic mass is 9.99. The van der Waals surface area contributed by atoms with Gasteiger partial charge in [0.15, 0.2) is 6.29 Å². The molecule has 51 heteroatoms. The van der Waals surface area contributed by atoms with Gasteiger partial charge in [-0.3, -0.25) is 0 Å². The Balaban J connectivity index is 0.956. The van der Waals surface area contributed by atoms with E-state index in [1.54, 1.807) is 0 Å². The Bertz CT molecular complexity index is 2950. The van der Waals surface area contributed by atoms with Gasteiger partial charge in [0.05, 0.1) is 66.1 Å². The van der Waals surface area contributed by atoms with Gasteiger partial charge in [0.2, 0.25) is 52.1 Å². The Kier molecular flexibility index (Phi) is 29.4. The first-order valence-electron chi connectivity index (χ1n) is 34.9. The van der Waals surface area contributed by atoms with Crippen LogP contribution in [0.25, 0.3) is 0 Å². The van der Waals surface area contributed by atoms with E-state index in [4.69, 9.17) is 90.0 Å². The minimum atomic E-state index is -3.20. The van der Waals surface area contributed by atoms with Crippen molar-refractivity contribution in [2.24, 2.45) is 0 Å². The van der Waals surface area contributed by atoms with Crippen LogP contribution in [0, 0.1) is 0 Å². The van der Waals surface area contributed by atoms with Crippen LogP contribution in [0.4, 0.5) is 0 Å². The molecule has 0 amide bonds. The number of aliphatic hydroxyl groups is 32. The van der Waals surface area contributed by atoms with Crippen molar-refractivity contribution in [2.75, 3.05) is 126 Å². The number of hydrogen-bond donors (Lipinski definition) is 32. The van der Waals surface area contributed by atoms with Crippen molar-refractivity contribution in [3.05, 3.63) is 0 Å². The summed E-state index contributed by atoms with van der Waals surface area (Å²) in [6.07, 6.45) is -69.6. The summed E-state index contributed by atoms with van der Waals surface area (Å²) in [6, 6.07) is 0. The van der Waals surface area contributed by atoms with Gasteiger partial charge in [-0.25, -0.2) is 0 Å². The Morgan fingerprint density at radius 3 is 0.532 bits per heavy atom. The average molecular weight is 1640 g/mol. The third-order valence-corrected chi connectivity index (χ3v) is 21.7. The molecule has 10 fully saturated rings. The fourth-order valence-corrected chi connectivity index (χ4v) is 14.7. The van der Waals surface area contributed by atoms with E-state index < -0.39 is 373 Å². The van der Waals surface area contributed by atoms with Crippen molar-refractivity contribution in [1.82, 2.24) is 0 Å². The molecule has 51 nitrogen and oxygen atoms in total. The maximum absolute atomic E-state index is 12.0. The summed E-state index contributed by atoms with van der Waals surface area (Å²) < 4.78 is 111. The van der Waals surface area contributed by atoms with Gasteiger partial charge in [-0.1, -0.05) is 0 Å². The van der Waals surface area contributed by atoms with E-state index in [1.807, 2.05) is 0 Å². The van der Waals surface area contributed by atoms with Gasteiger partial charge < -0.3 is 253 Å². The van der Waals surface area contributed by atoms with Crippen molar-refractivity contribution in [1.29, 1.82) is 0 Å². The van der Waals surface area contributed by atoms with Crippen LogP contribution in [0.3, 0.4) is 0 Å². The monoisotopic (exact) mass is 1640 g/mol. The highest BCUT2D eigenvalue weighted by Crippen LogP contribution is 2.48. The van der Waals surface area contributed by atoms with E-state index in [0.29, 0.717) is 0 Å². The van der Waals surface area contributed by atoms with Gasteiger partial charge >= 0.3 is 0 Å². The van der Waals surface area contributed by atoms with Crippen LogP contribution in [0.2, 0.25) is 0 Å². The van der Waals surface area contributed by atoms with Crippen molar-refractivity contribution < 1.29 is 253 Å². The second-order valence-electron chi connectivity index (χ2n) is 28.6. The highest BCUT2D eigenvalue weighted by Gasteiger charge is 2.70. The van der Waals surface area contributed by atoms with Gasteiger partial charge in [0, 0.05) is 0 Å². The van der Waals surface area contributed by atoms with Crippen LogP contribution in [-0.4, -0.2) is 537 Å². The maximum Gasteiger partial charge on any atom is 0.224 e. The zero-order valence-electron chi connectivity index (χ0n) is 58.5. The van der Waals surface area contributed by atoms with Gasteiger partial charge in [0.1, 0.15) is 249 Å². The quantitative estimate of drug-likeness (QED) is 0.0275. The second-order valence-corrected chi connectivity index (χ2v) is 28.6. The number of hydrogen-bond acceptors (Lipinski definition) is 51. The van der Waals surface area contributed by atoms with Crippen LogP contribution in [0.5, 0.6) is 0 Å². The molecule has 0 aromatic heterocycles. The first-order valence-corrected chi connectivity index (χ1v) is 34.9. The zero-order chi connectivity index (χ0) is 81.8. The second kappa shape index (κ2) is 35.7. The van der Waals surface area contributed by atoms with Crippen molar-refractivity contribution in [3.63, 3.8) is 0 Å². The van der Waals surface area contributed by atoms with Crippen LogP contribution in [-0.2, 0) is 90.0 Å². The molecule has 648 valence electrons. The van der Waals surface area contributed by atoms with Crippen molar-refractivity contribution >= 4 is 0 Å². The topological polar surface area (TPSA) is 823 Å². The summed E-state index contributed by atoms with van der Waals surface area (Å²) in [4.78, 5) is 0. The van der Waals surface area contributed by atoms with E-state index >= 15 is 0 Å². The fourth-order valence-electron chi connectivity index (χ4n) is 14.7. The molecule has 10 heterocycles. The standard InChI is InChI=1S/C60H102O51/c61-1-20-30(72)40(82)41(83)51(101-20)111-60(50(92)39(81)29(10-70)110-60)19-100-59(49(91)38(80)28(9-69)109-59)18-99-58(48(90)37(79)27(8-68)108-58)17-98-57(47(89)36(78)26(7-67)107-57)16-97-56(46(88)35(77)25(6-66)106-56)15-96-55(45(87)34(76)24(5-65)105-55)14-95-54(44(86)33(75)23(4-64)104-54)13-94-53(43(85)32(74)22(3-63)103-53)12-93-52(11-71)42(84)31(73)21(2-62)102-52/h20-51,61-92H,1-19H2/t20-,21-,22-,23-,24-,25-,26-,27-,28-,29-,30-,31-,32-,33-,34-,35-,36-,37-,38-,39-,40+,41-,42+,43+,44+,45+,46+,47+,48+,49+,50+,51-,52-,53-,54+,55-,56-,57+,58+,59-,60+/m0/s1. The average Bonchev–Trinajstić information content (AvgIpc) is 1.49. The molecule has 0 aromatic rings. The molecule has 32 N–H and O–H groups in total. The first-order chi connectivity index (χ1) is 52.4. The Labute approximate surface area is 625 Å². The summed E-state index contributed by atoms with van der Waals surface area (Å²) in [5, 5.41) is 352. The zero-order valence-corrected chi connectivity index (χ0v) is 58.5. The van der Waals surface area contributed by atoms with Gasteiger partial charge in [-0.05, 0) is 0 Å². The molecule has 10 aliphatic heterocycles. The van der Waals surface area contributed by atoms with Crippen LogP contribution in [0.1, 0.15) is 0 Å². The molecule has 0 saturated carbocycles. The highest BCUT2D eigenvalue weighted by molar-refractivity contribution is 5.09. The molecule has 10 rings (SSSR count). The summed E-state index contributed by atoms with van der Waals surface area (Å²) in [6.45, 7) is -24.8. The van der Waals surface area contributed by atoms with Crippen LogP contribution < -0.4 is 0 Å². The minimum Gasteiger partial charge on any atom is -0.394 e. The smallest absolute Gasteiger partial charge is 0.224 e. The number of ether oxygens (including phenoxy) is 19. The van der Waals surface area contributed by atoms with Gasteiger partial charge in [-0.15, -0.1) is 0 Å². The van der Waals surface area contributed by atoms with Gasteiger partial charge in [0.25, 0.3) is 0 Å². The third-order valence-electron chi connectivity index (χ3n) is 21.7. The summed E-state index contributed by atoms with van der Waals surface area (Å²) in [5.41, 5.74) is 0. The van der Waals surface area contributed by atoms with E-state index in [0.717, 1.165) is 0 Å². The lowest BCUT2D eigenvalue weighted by molar-refractivity contribution is -0.407. The molecular weight excluding hydrogens is 1540 g/mol. The van der Waals surface area contributed by atoms with Crippen LogP contribution >= 0.6 is 0 Å². The van der Waals surface area contributed by atoms with E-state index in [1.165, 1.54) is 0 Å². The summed E-state index contributed by atoms with van der Waals surface area (Å²) >= 11 is 0. The van der Waals surface area contributed by atoms with Crippen molar-refractivity contribution in [2.45, 2.75) is 248 Å². The van der Waals surface area contributed by atoms with Crippen LogP contribution in [0.15, 0.2) is 0 Å². The lowest BCUT2D eigenvalue weighted by Crippen LogP contribution is -2.64. The molecule has 10 saturated heterocycles. The molecular formula is C60H102O51. The molecule has 10 aliphatic rings. The fraction of sp³-hybridized carbons (Fsp3) is 1.00. The molecule has 0 unspecified atom stereocenters. The highest BCUT2D eigenvalue weighted by atomic mass is 16.9. The Morgan fingerprint density at radius 2 is 0.342 bits per heavy atom. The predicted molar refractivity (Wildman–Crippen MR) is 330 cm³/mol.